The third-order valence-electron chi connectivity index (χ3n) is 2.03. The lowest BCUT2D eigenvalue weighted by Crippen LogP contribution is -2.32. The van der Waals surface area contributed by atoms with Gasteiger partial charge in [0.05, 0.1) is 5.69 Å². The van der Waals surface area contributed by atoms with Crippen molar-refractivity contribution in [1.82, 2.24) is 4.31 Å². The molecule has 0 fully saturated rings. The normalized spacial score (nSPS) is 18.3. The zero-order valence-electron chi connectivity index (χ0n) is 7.61. The molecule has 2 rings (SSSR count). The van der Waals surface area contributed by atoms with Crippen LogP contribution in [0.1, 0.15) is 0 Å². The minimum atomic E-state index is -3.76. The predicted molar refractivity (Wildman–Crippen MR) is 54.3 cm³/mol. The maximum absolute atomic E-state index is 12.9. The van der Waals surface area contributed by atoms with Gasteiger partial charge in [0.2, 0.25) is 5.29 Å². The smallest absolute Gasteiger partial charge is 0.243 e. The lowest BCUT2D eigenvalue weighted by Gasteiger charge is -2.22. The fraction of sp³-hybridized carbons (Fsp3) is 0.125. The van der Waals surface area contributed by atoms with Gasteiger partial charge in [0.15, 0.2) is 0 Å². The molecular formula is C8H6ClFN2O2S. The summed E-state index contributed by atoms with van der Waals surface area (Å²) in [7, 11) is -2.50. The Bertz CT molecular complexity index is 556. The number of halogens is 2. The molecule has 1 aliphatic rings. The van der Waals surface area contributed by atoms with Gasteiger partial charge in [-0.15, -0.1) is 0 Å². The van der Waals surface area contributed by atoms with Crippen molar-refractivity contribution in [3.8, 4) is 0 Å². The Hall–Kier alpha value is -1.14. The lowest BCUT2D eigenvalue weighted by molar-refractivity contribution is 0.549. The van der Waals surface area contributed by atoms with E-state index < -0.39 is 15.8 Å². The summed E-state index contributed by atoms with van der Waals surface area (Å²) in [6, 6.07) is 3.33. The van der Waals surface area contributed by atoms with Crippen molar-refractivity contribution >= 4 is 32.6 Å². The van der Waals surface area contributed by atoms with Gasteiger partial charge in [-0.3, -0.25) is 0 Å². The second-order valence-electron chi connectivity index (χ2n) is 2.97. The number of nitrogens with zero attached hydrogens (tertiary/aromatic N) is 2. The van der Waals surface area contributed by atoms with Crippen LogP contribution in [0, 0.1) is 5.82 Å². The minimum Gasteiger partial charge on any atom is -0.243 e. The highest BCUT2D eigenvalue weighted by atomic mass is 35.5. The van der Waals surface area contributed by atoms with Crippen LogP contribution in [0.15, 0.2) is 28.1 Å². The predicted octanol–water partition coefficient (Wildman–Crippen LogP) is 1.69. The summed E-state index contributed by atoms with van der Waals surface area (Å²) in [6.45, 7) is 0. The van der Waals surface area contributed by atoms with E-state index in [1.165, 1.54) is 13.1 Å². The zero-order valence-corrected chi connectivity index (χ0v) is 9.18. The largest absolute Gasteiger partial charge is 0.268 e. The molecular weight excluding hydrogens is 243 g/mol. The van der Waals surface area contributed by atoms with E-state index >= 15 is 0 Å². The van der Waals surface area contributed by atoms with Gasteiger partial charge in [0.25, 0.3) is 10.0 Å². The van der Waals surface area contributed by atoms with Crippen molar-refractivity contribution in [3.63, 3.8) is 0 Å². The monoisotopic (exact) mass is 248 g/mol. The van der Waals surface area contributed by atoms with Gasteiger partial charge in [0, 0.05) is 7.05 Å². The Labute approximate surface area is 91.0 Å². The van der Waals surface area contributed by atoms with Crippen molar-refractivity contribution in [2.24, 2.45) is 4.99 Å². The van der Waals surface area contributed by atoms with Crippen molar-refractivity contribution < 1.29 is 12.8 Å². The number of aliphatic imine (C=N–C) groups is 1. The van der Waals surface area contributed by atoms with Crippen LogP contribution in [0.3, 0.4) is 0 Å². The molecule has 0 atom stereocenters. The number of fused-ring (bicyclic) bond motifs is 1. The summed E-state index contributed by atoms with van der Waals surface area (Å²) < 4.78 is 37.2. The van der Waals surface area contributed by atoms with E-state index in [0.29, 0.717) is 0 Å². The molecule has 0 unspecified atom stereocenters. The van der Waals surface area contributed by atoms with Crippen LogP contribution in [0.25, 0.3) is 0 Å². The first kappa shape index (κ1) is 10.4. The maximum atomic E-state index is 12.9. The molecule has 7 heteroatoms. The van der Waals surface area contributed by atoms with Gasteiger partial charge in [-0.2, -0.15) is 0 Å². The van der Waals surface area contributed by atoms with E-state index in [2.05, 4.69) is 4.99 Å². The fourth-order valence-corrected chi connectivity index (χ4v) is 2.74. The van der Waals surface area contributed by atoms with Gasteiger partial charge < -0.3 is 0 Å². The number of rotatable bonds is 0. The molecule has 80 valence electrons. The topological polar surface area (TPSA) is 49.7 Å². The number of hydrogen-bond acceptors (Lipinski definition) is 3. The Balaban J connectivity index is 2.79. The Morgan fingerprint density at radius 3 is 2.80 bits per heavy atom. The minimum absolute atomic E-state index is 0.152. The van der Waals surface area contributed by atoms with E-state index in [1.54, 1.807) is 0 Å². The van der Waals surface area contributed by atoms with E-state index in [4.69, 9.17) is 11.6 Å². The molecule has 0 spiro atoms. The third-order valence-corrected chi connectivity index (χ3v) is 4.25. The molecule has 0 aliphatic carbocycles. The molecule has 0 amide bonds. The van der Waals surface area contributed by atoms with E-state index in [-0.39, 0.29) is 15.9 Å². The fourth-order valence-electron chi connectivity index (χ4n) is 1.20. The quantitative estimate of drug-likeness (QED) is 0.656. The molecule has 1 heterocycles. The molecule has 0 bridgehead atoms. The first-order chi connectivity index (χ1) is 6.93. The molecule has 1 aliphatic heterocycles. The van der Waals surface area contributed by atoms with Gasteiger partial charge in [-0.05, 0) is 29.8 Å². The number of amidine groups is 1. The van der Waals surface area contributed by atoms with Crippen molar-refractivity contribution in [2.75, 3.05) is 7.05 Å². The molecule has 0 radical (unpaired) electrons. The van der Waals surface area contributed by atoms with E-state index in [0.717, 1.165) is 16.4 Å². The molecule has 0 aromatic heterocycles. The molecule has 15 heavy (non-hydrogen) atoms. The van der Waals surface area contributed by atoms with Crippen LogP contribution in [-0.2, 0) is 10.0 Å². The summed E-state index contributed by atoms with van der Waals surface area (Å²) >= 11 is 5.62. The van der Waals surface area contributed by atoms with Gasteiger partial charge in [-0.1, -0.05) is 0 Å². The van der Waals surface area contributed by atoms with Crippen molar-refractivity contribution in [1.29, 1.82) is 0 Å². The van der Waals surface area contributed by atoms with Crippen molar-refractivity contribution in [2.45, 2.75) is 4.90 Å². The molecule has 4 nitrogen and oxygen atoms in total. The standard InChI is InChI=1S/C8H6ClFN2O2S/c1-12-8(9)11-6-3-2-5(10)4-7(6)15(12,13)14/h2-4H,1H3. The van der Waals surface area contributed by atoms with Crippen LogP contribution in [-0.4, -0.2) is 25.1 Å². The second-order valence-corrected chi connectivity index (χ2v) is 5.24. The number of hydrogen-bond donors (Lipinski definition) is 0. The van der Waals surface area contributed by atoms with E-state index in [9.17, 15) is 12.8 Å². The van der Waals surface area contributed by atoms with Crippen LogP contribution in [0.2, 0.25) is 0 Å². The highest BCUT2D eigenvalue weighted by Gasteiger charge is 2.30. The van der Waals surface area contributed by atoms with Crippen molar-refractivity contribution in [3.05, 3.63) is 24.0 Å². The Morgan fingerprint density at radius 2 is 2.13 bits per heavy atom. The first-order valence-electron chi connectivity index (χ1n) is 3.95. The van der Waals surface area contributed by atoms with Crippen LogP contribution >= 0.6 is 11.6 Å². The molecule has 1 aromatic carbocycles. The van der Waals surface area contributed by atoms with Crippen LogP contribution in [0.4, 0.5) is 10.1 Å². The molecule has 0 saturated heterocycles. The van der Waals surface area contributed by atoms with E-state index in [1.807, 2.05) is 0 Å². The van der Waals surface area contributed by atoms with Gasteiger partial charge >= 0.3 is 0 Å². The highest BCUT2D eigenvalue weighted by Crippen LogP contribution is 2.32. The third kappa shape index (κ3) is 1.49. The molecule has 1 aromatic rings. The summed E-state index contributed by atoms with van der Waals surface area (Å²) in [4.78, 5) is 3.65. The number of benzene rings is 1. The van der Waals surface area contributed by atoms with Gasteiger partial charge in [0.1, 0.15) is 10.7 Å². The summed E-state index contributed by atoms with van der Waals surface area (Å²) in [5.74, 6) is -0.626. The SMILES string of the molecule is CN1C(Cl)=Nc2ccc(F)cc2S1(=O)=O. The number of sulfonamides is 1. The van der Waals surface area contributed by atoms with Gasteiger partial charge in [-0.25, -0.2) is 22.1 Å². The second kappa shape index (κ2) is 3.18. The summed E-state index contributed by atoms with van der Waals surface area (Å²) in [6.07, 6.45) is 0. The highest BCUT2D eigenvalue weighted by molar-refractivity contribution is 7.90. The molecule has 0 N–H and O–H groups in total. The maximum Gasteiger partial charge on any atom is 0.268 e. The first-order valence-corrected chi connectivity index (χ1v) is 5.77. The lowest BCUT2D eigenvalue weighted by atomic mass is 10.3. The summed E-state index contributed by atoms with van der Waals surface area (Å²) in [5, 5.41) is -0.158. The van der Waals surface area contributed by atoms with Crippen LogP contribution in [0.5, 0.6) is 0 Å². The Morgan fingerprint density at radius 1 is 1.47 bits per heavy atom. The Kier molecular flexibility index (Phi) is 2.20. The average molecular weight is 249 g/mol. The molecule has 0 saturated carbocycles. The zero-order chi connectivity index (χ0) is 11.2. The van der Waals surface area contributed by atoms with Crippen LogP contribution < -0.4 is 0 Å². The summed E-state index contributed by atoms with van der Waals surface area (Å²) in [5.41, 5.74) is 0.152. The average Bonchev–Trinajstić information content (AvgIpc) is 2.17.